The minimum atomic E-state index is 0.668. The van der Waals surface area contributed by atoms with Gasteiger partial charge in [-0.3, -0.25) is 4.98 Å². The number of H-pyrrole nitrogens is 1. The van der Waals surface area contributed by atoms with Crippen molar-refractivity contribution in [3.8, 4) is 28.6 Å². The molecule has 0 bridgehead atoms. The lowest BCUT2D eigenvalue weighted by atomic mass is 10.1. The van der Waals surface area contributed by atoms with Gasteiger partial charge in [0.15, 0.2) is 0 Å². The number of hydrogen-bond donors (Lipinski definition) is 1. The van der Waals surface area contributed by atoms with Gasteiger partial charge in [0.05, 0.1) is 11.3 Å². The van der Waals surface area contributed by atoms with Crippen LogP contribution in [0.2, 0.25) is 0 Å². The Bertz CT molecular complexity index is 975. The summed E-state index contributed by atoms with van der Waals surface area (Å²) < 4.78 is 0. The van der Waals surface area contributed by atoms with Crippen LogP contribution in [0, 0.1) is 18.3 Å². The van der Waals surface area contributed by atoms with Crippen LogP contribution >= 0.6 is 0 Å². The molecule has 1 saturated heterocycles. The quantitative estimate of drug-likeness (QED) is 0.779. The second-order valence-corrected chi connectivity index (χ2v) is 6.96. The molecule has 0 aromatic carbocycles. The summed E-state index contributed by atoms with van der Waals surface area (Å²) in [6.07, 6.45) is 3.68. The fourth-order valence-corrected chi connectivity index (χ4v) is 3.35. The zero-order valence-electron chi connectivity index (χ0n) is 15.6. The number of rotatable bonds is 3. The Labute approximate surface area is 159 Å². The Morgan fingerprint density at radius 2 is 1.85 bits per heavy atom. The summed E-state index contributed by atoms with van der Waals surface area (Å²) >= 11 is 0. The summed E-state index contributed by atoms with van der Waals surface area (Å²) in [5.74, 6) is 1.02. The van der Waals surface area contributed by atoms with E-state index in [4.69, 9.17) is 5.26 Å². The molecule has 27 heavy (non-hydrogen) atoms. The molecule has 0 radical (unpaired) electrons. The Morgan fingerprint density at radius 3 is 2.52 bits per heavy atom. The Balaban J connectivity index is 1.57. The van der Waals surface area contributed by atoms with Gasteiger partial charge in [0.25, 0.3) is 0 Å². The maximum Gasteiger partial charge on any atom is 0.128 e. The highest BCUT2D eigenvalue weighted by molar-refractivity contribution is 5.70. The van der Waals surface area contributed by atoms with E-state index in [0.717, 1.165) is 60.2 Å². The Kier molecular flexibility index (Phi) is 4.61. The molecule has 3 aromatic rings. The maximum atomic E-state index is 9.16. The molecule has 136 valence electrons. The first-order valence-corrected chi connectivity index (χ1v) is 9.10. The molecule has 0 aliphatic carbocycles. The highest BCUT2D eigenvalue weighted by Crippen LogP contribution is 2.26. The first-order chi connectivity index (χ1) is 13.1. The number of nitrogens with one attached hydrogen (secondary N) is 1. The molecule has 0 saturated carbocycles. The zero-order valence-corrected chi connectivity index (χ0v) is 15.6. The average Bonchev–Trinajstić information content (AvgIpc) is 3.10. The van der Waals surface area contributed by atoms with E-state index in [0.29, 0.717) is 5.56 Å². The molecular weight excluding hydrogens is 336 g/mol. The minimum Gasteiger partial charge on any atom is -0.358 e. The number of aryl methyl sites for hydroxylation is 1. The smallest absolute Gasteiger partial charge is 0.128 e. The maximum absolute atomic E-state index is 9.16. The van der Waals surface area contributed by atoms with Gasteiger partial charge in [0, 0.05) is 61.1 Å². The predicted octanol–water partition coefficient (Wildman–Crippen LogP) is 3.07. The molecule has 4 heterocycles. The molecule has 0 amide bonds. The van der Waals surface area contributed by atoms with Crippen LogP contribution in [-0.4, -0.2) is 53.1 Å². The van der Waals surface area contributed by atoms with Crippen molar-refractivity contribution in [1.29, 1.82) is 5.26 Å². The van der Waals surface area contributed by atoms with Crippen molar-refractivity contribution in [2.75, 3.05) is 38.1 Å². The van der Waals surface area contributed by atoms with Crippen molar-refractivity contribution < 1.29 is 0 Å². The predicted molar refractivity (Wildman–Crippen MR) is 106 cm³/mol. The minimum absolute atomic E-state index is 0.668. The van der Waals surface area contributed by atoms with Gasteiger partial charge in [-0.15, -0.1) is 0 Å². The van der Waals surface area contributed by atoms with Crippen LogP contribution < -0.4 is 4.90 Å². The monoisotopic (exact) mass is 358 g/mol. The number of likely N-dealkylation sites (N-methyl/N-ethyl adjacent to an activating group) is 1. The number of aromatic amines is 1. The summed E-state index contributed by atoms with van der Waals surface area (Å²) in [7, 11) is 2.15. The van der Waals surface area contributed by atoms with Crippen molar-refractivity contribution in [1.82, 2.24) is 19.9 Å². The van der Waals surface area contributed by atoms with E-state index in [2.05, 4.69) is 50.0 Å². The van der Waals surface area contributed by atoms with E-state index in [-0.39, 0.29) is 0 Å². The van der Waals surface area contributed by atoms with Gasteiger partial charge in [0.2, 0.25) is 0 Å². The number of nitrogens with zero attached hydrogens (tertiary/aromatic N) is 5. The third-order valence-electron chi connectivity index (χ3n) is 5.08. The van der Waals surface area contributed by atoms with Crippen LogP contribution in [0.1, 0.15) is 11.3 Å². The van der Waals surface area contributed by atoms with Crippen LogP contribution in [0.15, 0.2) is 42.7 Å². The number of piperazine rings is 1. The Hall–Kier alpha value is -3.17. The molecule has 0 spiro atoms. The first kappa shape index (κ1) is 17.3. The average molecular weight is 358 g/mol. The molecule has 6 heteroatoms. The molecule has 1 aliphatic heterocycles. The fourth-order valence-electron chi connectivity index (χ4n) is 3.35. The molecule has 6 nitrogen and oxygen atoms in total. The number of anilines is 1. The van der Waals surface area contributed by atoms with Crippen molar-refractivity contribution in [2.24, 2.45) is 0 Å². The molecule has 1 aliphatic rings. The molecule has 0 atom stereocenters. The SMILES string of the molecule is Cc1[nH]c(-c2ccnc(-c3ccc(N4CCN(C)CC4)nc3)c2)cc1C#N. The van der Waals surface area contributed by atoms with Gasteiger partial charge in [-0.1, -0.05) is 0 Å². The largest absolute Gasteiger partial charge is 0.358 e. The number of pyridine rings is 2. The number of aromatic nitrogens is 3. The second-order valence-electron chi connectivity index (χ2n) is 6.96. The van der Waals surface area contributed by atoms with E-state index in [1.165, 1.54) is 0 Å². The topological polar surface area (TPSA) is 71.8 Å². The summed E-state index contributed by atoms with van der Waals surface area (Å²) in [5.41, 5.74) is 5.34. The van der Waals surface area contributed by atoms with Gasteiger partial charge in [-0.25, -0.2) is 4.98 Å². The lowest BCUT2D eigenvalue weighted by Crippen LogP contribution is -2.44. The second kappa shape index (κ2) is 7.22. The van der Waals surface area contributed by atoms with E-state index in [9.17, 15) is 0 Å². The van der Waals surface area contributed by atoms with Crippen LogP contribution in [-0.2, 0) is 0 Å². The van der Waals surface area contributed by atoms with E-state index in [1.807, 2.05) is 31.3 Å². The van der Waals surface area contributed by atoms with Crippen molar-refractivity contribution >= 4 is 5.82 Å². The summed E-state index contributed by atoms with van der Waals surface area (Å²) in [4.78, 5) is 17.1. The molecular formula is C21H22N6. The number of nitriles is 1. The van der Waals surface area contributed by atoms with Crippen LogP contribution in [0.5, 0.6) is 0 Å². The van der Waals surface area contributed by atoms with E-state index >= 15 is 0 Å². The molecule has 1 fully saturated rings. The summed E-state index contributed by atoms with van der Waals surface area (Å²) in [6.45, 7) is 6.04. The van der Waals surface area contributed by atoms with Crippen LogP contribution in [0.25, 0.3) is 22.5 Å². The normalized spacial score (nSPS) is 14.9. The van der Waals surface area contributed by atoms with Crippen LogP contribution in [0.3, 0.4) is 0 Å². The third kappa shape index (κ3) is 3.55. The molecule has 4 rings (SSSR count). The van der Waals surface area contributed by atoms with Gasteiger partial charge in [-0.05, 0) is 44.3 Å². The highest BCUT2D eigenvalue weighted by atomic mass is 15.3. The number of hydrogen-bond acceptors (Lipinski definition) is 5. The first-order valence-electron chi connectivity index (χ1n) is 9.10. The lowest BCUT2D eigenvalue weighted by Gasteiger charge is -2.33. The molecule has 3 aromatic heterocycles. The fraction of sp³-hybridized carbons (Fsp3) is 0.286. The van der Waals surface area contributed by atoms with Gasteiger partial charge in [0.1, 0.15) is 11.9 Å². The van der Waals surface area contributed by atoms with Crippen molar-refractivity contribution in [3.63, 3.8) is 0 Å². The third-order valence-corrected chi connectivity index (χ3v) is 5.08. The van der Waals surface area contributed by atoms with Gasteiger partial charge < -0.3 is 14.8 Å². The van der Waals surface area contributed by atoms with Crippen molar-refractivity contribution in [2.45, 2.75) is 6.92 Å². The van der Waals surface area contributed by atoms with Crippen molar-refractivity contribution in [3.05, 3.63) is 54.0 Å². The van der Waals surface area contributed by atoms with E-state index in [1.54, 1.807) is 6.20 Å². The summed E-state index contributed by atoms with van der Waals surface area (Å²) in [6, 6.07) is 12.2. The lowest BCUT2D eigenvalue weighted by molar-refractivity contribution is 0.312. The zero-order chi connectivity index (χ0) is 18.8. The standard InChI is InChI=1S/C21H22N6/c1-15-18(13-22)12-20(25-15)16-5-6-23-19(11-16)17-3-4-21(24-14-17)27-9-7-26(2)8-10-27/h3-6,11-12,14,25H,7-10H2,1-2H3. The van der Waals surface area contributed by atoms with E-state index < -0.39 is 0 Å². The Morgan fingerprint density at radius 1 is 1.04 bits per heavy atom. The van der Waals surface area contributed by atoms with Crippen LogP contribution in [0.4, 0.5) is 5.82 Å². The molecule has 1 N–H and O–H groups in total. The van der Waals surface area contributed by atoms with Gasteiger partial charge >= 0.3 is 0 Å². The van der Waals surface area contributed by atoms with Gasteiger partial charge in [-0.2, -0.15) is 5.26 Å². The summed E-state index contributed by atoms with van der Waals surface area (Å²) in [5, 5.41) is 9.16. The molecule has 0 unspecified atom stereocenters. The highest BCUT2D eigenvalue weighted by Gasteiger charge is 2.15.